The van der Waals surface area contributed by atoms with E-state index in [2.05, 4.69) is 20.1 Å². The average Bonchev–Trinajstić information content (AvgIpc) is 2.62. The third-order valence-corrected chi connectivity index (χ3v) is 4.88. The molecule has 3 rings (SSSR count). The molecule has 7 heteroatoms. The van der Waals surface area contributed by atoms with Crippen molar-refractivity contribution >= 4 is 35.5 Å². The lowest BCUT2D eigenvalue weighted by molar-refractivity contribution is 0.584. The van der Waals surface area contributed by atoms with Gasteiger partial charge in [0, 0.05) is 48.0 Å². The zero-order valence-electron chi connectivity index (χ0n) is 13.9. The Bertz CT molecular complexity index is 745. The molecular formula is C18H20ClFN4S. The van der Waals surface area contributed by atoms with Crippen molar-refractivity contribution in [2.24, 2.45) is 5.10 Å². The van der Waals surface area contributed by atoms with Crippen molar-refractivity contribution in [1.29, 1.82) is 0 Å². The van der Waals surface area contributed by atoms with Crippen LogP contribution in [0.1, 0.15) is 11.1 Å². The molecule has 1 fully saturated rings. The van der Waals surface area contributed by atoms with E-state index in [0.29, 0.717) is 10.6 Å². The summed E-state index contributed by atoms with van der Waals surface area (Å²) in [6.45, 7) is 5.40. The summed E-state index contributed by atoms with van der Waals surface area (Å²) in [6, 6.07) is 11.2. The number of halogens is 2. The highest BCUT2D eigenvalue weighted by molar-refractivity contribution is 7.97. The van der Waals surface area contributed by atoms with E-state index in [-0.39, 0.29) is 5.82 Å². The SMILES string of the molecule is Cc1ccc(SN/N=C/c2c(F)cc(Cl)cc2N2CCNCC2)cc1. The van der Waals surface area contributed by atoms with Gasteiger partial charge in [0.1, 0.15) is 5.82 Å². The molecule has 132 valence electrons. The van der Waals surface area contributed by atoms with Crippen LogP contribution in [0.15, 0.2) is 46.4 Å². The summed E-state index contributed by atoms with van der Waals surface area (Å²) in [4.78, 5) is 6.07. The first-order chi connectivity index (χ1) is 12.1. The van der Waals surface area contributed by atoms with Gasteiger partial charge in [-0.2, -0.15) is 5.10 Å². The maximum Gasteiger partial charge on any atom is 0.135 e. The minimum absolute atomic E-state index is 0.369. The molecule has 25 heavy (non-hydrogen) atoms. The van der Waals surface area contributed by atoms with Gasteiger partial charge in [-0.15, -0.1) is 0 Å². The molecule has 2 aromatic rings. The standard InChI is InChI=1S/C18H20ClFN4S/c1-13-2-4-15(5-3-13)25-23-22-12-16-17(20)10-14(19)11-18(16)24-8-6-21-7-9-24/h2-5,10-12,21,23H,6-9H2,1H3/b22-12+. The van der Waals surface area contributed by atoms with Crippen molar-refractivity contribution in [2.75, 3.05) is 31.1 Å². The predicted molar refractivity (Wildman–Crippen MR) is 104 cm³/mol. The summed E-state index contributed by atoms with van der Waals surface area (Å²) >= 11 is 7.43. The molecule has 0 bridgehead atoms. The summed E-state index contributed by atoms with van der Waals surface area (Å²) in [5, 5.41) is 7.85. The summed E-state index contributed by atoms with van der Waals surface area (Å²) < 4.78 is 14.4. The third kappa shape index (κ3) is 4.87. The molecule has 0 radical (unpaired) electrons. The summed E-state index contributed by atoms with van der Waals surface area (Å²) in [6.07, 6.45) is 1.52. The molecule has 4 nitrogen and oxygen atoms in total. The lowest BCUT2D eigenvalue weighted by atomic mass is 10.1. The lowest BCUT2D eigenvalue weighted by Crippen LogP contribution is -2.44. The molecule has 0 saturated carbocycles. The molecule has 1 aliphatic rings. The van der Waals surface area contributed by atoms with Gasteiger partial charge in [-0.3, -0.25) is 0 Å². The lowest BCUT2D eigenvalue weighted by Gasteiger charge is -2.30. The van der Waals surface area contributed by atoms with Crippen LogP contribution >= 0.6 is 23.5 Å². The second-order valence-corrected chi connectivity index (χ2v) is 7.12. The predicted octanol–water partition coefficient (Wildman–Crippen LogP) is 3.83. The molecule has 1 aliphatic heterocycles. The molecule has 0 amide bonds. The van der Waals surface area contributed by atoms with Crippen LogP contribution in [-0.4, -0.2) is 32.4 Å². The highest BCUT2D eigenvalue weighted by Gasteiger charge is 2.17. The normalized spacial score (nSPS) is 14.9. The molecule has 2 N–H and O–H groups in total. The van der Waals surface area contributed by atoms with Crippen molar-refractivity contribution in [3.8, 4) is 0 Å². The number of hydrogen-bond donors (Lipinski definition) is 2. The Kier molecular flexibility index (Phi) is 6.18. The summed E-state index contributed by atoms with van der Waals surface area (Å²) in [7, 11) is 0. The van der Waals surface area contributed by atoms with Crippen molar-refractivity contribution in [1.82, 2.24) is 10.1 Å². The molecule has 1 saturated heterocycles. The molecule has 2 aromatic carbocycles. The highest BCUT2D eigenvalue weighted by atomic mass is 35.5. The number of hydrogen-bond acceptors (Lipinski definition) is 5. The van der Waals surface area contributed by atoms with E-state index in [9.17, 15) is 4.39 Å². The van der Waals surface area contributed by atoms with Crippen molar-refractivity contribution in [3.05, 3.63) is 58.4 Å². The Hall–Kier alpha value is -1.76. The van der Waals surface area contributed by atoms with Gasteiger partial charge in [0.25, 0.3) is 0 Å². The molecule has 1 heterocycles. The largest absolute Gasteiger partial charge is 0.368 e. The van der Waals surface area contributed by atoms with Crippen molar-refractivity contribution in [3.63, 3.8) is 0 Å². The van der Waals surface area contributed by atoms with E-state index in [1.807, 2.05) is 31.2 Å². The first kappa shape index (κ1) is 18.0. The minimum Gasteiger partial charge on any atom is -0.368 e. The number of nitrogens with zero attached hydrogens (tertiary/aromatic N) is 2. The monoisotopic (exact) mass is 378 g/mol. The molecule has 0 aliphatic carbocycles. The van der Waals surface area contributed by atoms with Crippen LogP contribution in [0.4, 0.5) is 10.1 Å². The van der Waals surface area contributed by atoms with Gasteiger partial charge >= 0.3 is 0 Å². The Balaban J connectivity index is 1.73. The topological polar surface area (TPSA) is 39.7 Å². The van der Waals surface area contributed by atoms with Crippen LogP contribution in [0, 0.1) is 12.7 Å². The molecule has 0 unspecified atom stereocenters. The van der Waals surface area contributed by atoms with Gasteiger partial charge in [0.2, 0.25) is 0 Å². The van der Waals surface area contributed by atoms with Gasteiger partial charge in [0.15, 0.2) is 0 Å². The Morgan fingerprint density at radius 3 is 2.68 bits per heavy atom. The van der Waals surface area contributed by atoms with E-state index in [1.54, 1.807) is 6.07 Å². The Morgan fingerprint density at radius 2 is 1.96 bits per heavy atom. The van der Waals surface area contributed by atoms with Crippen LogP contribution in [0.2, 0.25) is 5.02 Å². The number of rotatable bonds is 5. The van der Waals surface area contributed by atoms with Crippen LogP contribution in [0.5, 0.6) is 0 Å². The number of anilines is 1. The fraction of sp³-hybridized carbons (Fsp3) is 0.278. The van der Waals surface area contributed by atoms with Gasteiger partial charge in [0.05, 0.1) is 17.5 Å². The average molecular weight is 379 g/mol. The van der Waals surface area contributed by atoms with Crippen LogP contribution in [0.3, 0.4) is 0 Å². The van der Waals surface area contributed by atoms with Gasteiger partial charge in [-0.05, 0) is 31.2 Å². The Labute approximate surface area is 156 Å². The van der Waals surface area contributed by atoms with Crippen LogP contribution < -0.4 is 15.0 Å². The van der Waals surface area contributed by atoms with Crippen molar-refractivity contribution < 1.29 is 4.39 Å². The number of piperazine rings is 1. The third-order valence-electron chi connectivity index (χ3n) is 3.96. The van der Waals surface area contributed by atoms with Crippen LogP contribution in [0.25, 0.3) is 0 Å². The molecule has 0 aromatic heterocycles. The maximum atomic E-state index is 14.4. The zero-order chi connectivity index (χ0) is 17.6. The summed E-state index contributed by atoms with van der Waals surface area (Å²) in [5.41, 5.74) is 2.43. The molecular weight excluding hydrogens is 359 g/mol. The zero-order valence-corrected chi connectivity index (χ0v) is 15.5. The second kappa shape index (κ2) is 8.56. The molecule has 0 atom stereocenters. The van der Waals surface area contributed by atoms with Gasteiger partial charge in [-0.25, -0.2) is 9.22 Å². The van der Waals surface area contributed by atoms with Crippen LogP contribution in [-0.2, 0) is 0 Å². The number of aryl methyl sites for hydroxylation is 1. The molecule has 0 spiro atoms. The van der Waals surface area contributed by atoms with Gasteiger partial charge < -0.3 is 10.2 Å². The fourth-order valence-electron chi connectivity index (χ4n) is 2.64. The number of hydrazone groups is 1. The first-order valence-electron chi connectivity index (χ1n) is 8.10. The highest BCUT2D eigenvalue weighted by Crippen LogP contribution is 2.27. The van der Waals surface area contributed by atoms with E-state index in [4.69, 9.17) is 11.6 Å². The maximum absolute atomic E-state index is 14.4. The van der Waals surface area contributed by atoms with Gasteiger partial charge in [-0.1, -0.05) is 29.3 Å². The van der Waals surface area contributed by atoms with E-state index in [0.717, 1.165) is 36.8 Å². The van der Waals surface area contributed by atoms with E-state index in [1.165, 1.54) is 29.8 Å². The summed E-state index contributed by atoms with van der Waals surface area (Å²) in [5.74, 6) is -0.369. The minimum atomic E-state index is -0.369. The first-order valence-corrected chi connectivity index (χ1v) is 9.29. The Morgan fingerprint density at radius 1 is 1.24 bits per heavy atom. The van der Waals surface area contributed by atoms with E-state index < -0.39 is 0 Å². The quantitative estimate of drug-likeness (QED) is 0.471. The second-order valence-electron chi connectivity index (χ2n) is 5.82. The van der Waals surface area contributed by atoms with Crippen molar-refractivity contribution in [2.45, 2.75) is 11.8 Å². The van der Waals surface area contributed by atoms with E-state index >= 15 is 0 Å². The fourth-order valence-corrected chi connectivity index (χ4v) is 3.32. The number of nitrogens with one attached hydrogen (secondary N) is 2. The number of benzene rings is 2. The smallest absolute Gasteiger partial charge is 0.135 e.